The molecule has 1 N–H and O–H groups in total. The van der Waals surface area contributed by atoms with E-state index in [1.807, 2.05) is 0 Å². The number of aryl methyl sites for hydroxylation is 2. The zero-order chi connectivity index (χ0) is 14.6. The third-order valence-electron chi connectivity index (χ3n) is 4.80. The van der Waals surface area contributed by atoms with Crippen molar-refractivity contribution in [2.24, 2.45) is 5.92 Å². The fraction of sp³-hybridized carbons (Fsp3) is 0.600. The minimum Gasteiger partial charge on any atom is -0.378 e. The molecule has 6 heteroatoms. The summed E-state index contributed by atoms with van der Waals surface area (Å²) in [5.41, 5.74) is 1.35. The molecule has 4 nitrogen and oxygen atoms in total. The Morgan fingerprint density at radius 2 is 2.33 bits per heavy atom. The molecule has 3 heterocycles. The van der Waals surface area contributed by atoms with Gasteiger partial charge >= 0.3 is 0 Å². The summed E-state index contributed by atoms with van der Waals surface area (Å²) in [5, 5.41) is 0.882. The Hall–Kier alpha value is -0.980. The first kappa shape index (κ1) is 13.7. The third kappa shape index (κ3) is 2.12. The van der Waals surface area contributed by atoms with E-state index in [0.29, 0.717) is 17.2 Å². The maximum absolute atomic E-state index is 12.9. The molecule has 1 aliphatic heterocycles. The van der Waals surface area contributed by atoms with E-state index in [-0.39, 0.29) is 11.7 Å². The number of aromatic amines is 1. The number of aromatic nitrogens is 2. The van der Waals surface area contributed by atoms with Gasteiger partial charge < -0.3 is 9.72 Å². The summed E-state index contributed by atoms with van der Waals surface area (Å²) in [5.74, 6) is 0.377. The van der Waals surface area contributed by atoms with Crippen LogP contribution in [-0.2, 0) is 24.1 Å². The Morgan fingerprint density at radius 1 is 1.48 bits per heavy atom. The van der Waals surface area contributed by atoms with Gasteiger partial charge in [-0.1, -0.05) is 0 Å². The van der Waals surface area contributed by atoms with Crippen molar-refractivity contribution < 1.29 is 4.74 Å². The van der Waals surface area contributed by atoms with Crippen molar-refractivity contribution in [1.29, 1.82) is 0 Å². The molecule has 0 spiro atoms. The fourth-order valence-corrected chi connectivity index (χ4v) is 5.13. The van der Waals surface area contributed by atoms with E-state index in [4.69, 9.17) is 17.0 Å². The lowest BCUT2D eigenvalue weighted by atomic mass is 10.0. The van der Waals surface area contributed by atoms with Crippen molar-refractivity contribution in [1.82, 2.24) is 9.55 Å². The highest BCUT2D eigenvalue weighted by Gasteiger charge is 2.27. The predicted octanol–water partition coefficient (Wildman–Crippen LogP) is 3.03. The van der Waals surface area contributed by atoms with Crippen LogP contribution in [0.2, 0.25) is 0 Å². The van der Waals surface area contributed by atoms with Crippen LogP contribution in [0.4, 0.5) is 0 Å². The number of H-pyrrole nitrogens is 1. The summed E-state index contributed by atoms with van der Waals surface area (Å²) >= 11 is 7.13. The van der Waals surface area contributed by atoms with Gasteiger partial charge in [-0.3, -0.25) is 9.36 Å². The molecular formula is C15H18N2O2S2. The number of hydrogen-bond acceptors (Lipinski definition) is 4. The van der Waals surface area contributed by atoms with E-state index in [1.165, 1.54) is 16.9 Å². The number of fused-ring (bicyclic) bond motifs is 3. The highest BCUT2D eigenvalue weighted by atomic mass is 32.1. The van der Waals surface area contributed by atoms with Gasteiger partial charge in [-0.15, -0.1) is 11.3 Å². The summed E-state index contributed by atoms with van der Waals surface area (Å²) in [4.78, 5) is 18.5. The number of rotatable bonds is 2. The molecule has 0 bridgehead atoms. The largest absolute Gasteiger partial charge is 0.378 e. The minimum atomic E-state index is 0.0900. The standard InChI is InChI=1S/C15H18N2O2S2/c1-8-9(5-6-19-8)7-17-14(18)12-10-3-2-4-11(10)21-13(12)16-15(17)20/h8-9H,2-7H2,1H3,(H,16,20). The zero-order valence-electron chi connectivity index (χ0n) is 12.0. The molecule has 2 atom stereocenters. The Kier molecular flexibility index (Phi) is 3.28. The van der Waals surface area contributed by atoms with E-state index in [9.17, 15) is 4.79 Å². The molecule has 0 radical (unpaired) electrons. The molecule has 0 amide bonds. The van der Waals surface area contributed by atoms with E-state index >= 15 is 0 Å². The quantitative estimate of drug-likeness (QED) is 0.865. The summed E-state index contributed by atoms with van der Waals surface area (Å²) in [6, 6.07) is 0. The van der Waals surface area contributed by atoms with Crippen molar-refractivity contribution in [2.45, 2.75) is 45.3 Å². The van der Waals surface area contributed by atoms with Crippen LogP contribution in [0.25, 0.3) is 10.2 Å². The number of hydrogen-bond donors (Lipinski definition) is 1. The van der Waals surface area contributed by atoms with Gasteiger partial charge in [0, 0.05) is 23.9 Å². The monoisotopic (exact) mass is 322 g/mol. The molecule has 2 aromatic rings. The second-order valence-electron chi connectivity index (χ2n) is 6.03. The van der Waals surface area contributed by atoms with E-state index in [0.717, 1.165) is 36.1 Å². The second-order valence-corrected chi connectivity index (χ2v) is 7.52. The lowest BCUT2D eigenvalue weighted by Crippen LogP contribution is -2.28. The SMILES string of the molecule is CC1OCCC1Cn1c(=S)[nH]c2sc3c(c2c1=O)CCC3. The molecule has 2 aromatic heterocycles. The van der Waals surface area contributed by atoms with E-state index < -0.39 is 0 Å². The highest BCUT2D eigenvalue weighted by Crippen LogP contribution is 2.34. The van der Waals surface area contributed by atoms with Crippen LogP contribution >= 0.6 is 23.6 Å². The van der Waals surface area contributed by atoms with Gasteiger partial charge in [0.05, 0.1) is 11.5 Å². The van der Waals surface area contributed by atoms with Crippen molar-refractivity contribution >= 4 is 33.8 Å². The minimum absolute atomic E-state index is 0.0900. The van der Waals surface area contributed by atoms with Gasteiger partial charge in [0.2, 0.25) is 0 Å². The second kappa shape index (κ2) is 5.04. The van der Waals surface area contributed by atoms with Crippen LogP contribution in [0, 0.1) is 10.7 Å². The molecule has 1 aliphatic carbocycles. The third-order valence-corrected chi connectivity index (χ3v) is 6.33. The molecule has 4 rings (SSSR count). The Balaban J connectivity index is 1.85. The van der Waals surface area contributed by atoms with E-state index in [1.54, 1.807) is 15.9 Å². The summed E-state index contributed by atoms with van der Waals surface area (Å²) in [6.45, 7) is 3.53. The van der Waals surface area contributed by atoms with Gasteiger partial charge in [-0.2, -0.15) is 0 Å². The van der Waals surface area contributed by atoms with Crippen LogP contribution in [0.1, 0.15) is 30.2 Å². The maximum Gasteiger partial charge on any atom is 0.263 e. The van der Waals surface area contributed by atoms with Crippen LogP contribution in [0.15, 0.2) is 4.79 Å². The molecular weight excluding hydrogens is 304 g/mol. The summed E-state index contributed by atoms with van der Waals surface area (Å²) in [6.07, 6.45) is 4.50. The van der Waals surface area contributed by atoms with Crippen molar-refractivity contribution in [3.05, 3.63) is 25.6 Å². The van der Waals surface area contributed by atoms with Gasteiger partial charge in [0.15, 0.2) is 4.77 Å². The van der Waals surface area contributed by atoms with E-state index in [2.05, 4.69) is 11.9 Å². The summed E-state index contributed by atoms with van der Waals surface area (Å²) in [7, 11) is 0. The Bertz CT molecular complexity index is 817. The zero-order valence-corrected chi connectivity index (χ0v) is 13.6. The number of nitrogens with one attached hydrogen (secondary N) is 1. The topological polar surface area (TPSA) is 47.0 Å². The van der Waals surface area contributed by atoms with Crippen LogP contribution in [-0.4, -0.2) is 22.3 Å². The number of ether oxygens (including phenoxy) is 1. The van der Waals surface area contributed by atoms with Gasteiger partial charge in [0.25, 0.3) is 5.56 Å². The Labute approximate surface area is 131 Å². The normalized spacial score (nSPS) is 24.8. The molecule has 2 unspecified atom stereocenters. The predicted molar refractivity (Wildman–Crippen MR) is 86.8 cm³/mol. The van der Waals surface area contributed by atoms with Crippen LogP contribution < -0.4 is 5.56 Å². The lowest BCUT2D eigenvalue weighted by molar-refractivity contribution is 0.101. The highest BCUT2D eigenvalue weighted by molar-refractivity contribution is 7.71. The van der Waals surface area contributed by atoms with Crippen LogP contribution in [0.5, 0.6) is 0 Å². The van der Waals surface area contributed by atoms with Gasteiger partial charge in [0.1, 0.15) is 4.83 Å². The number of thiophene rings is 1. The van der Waals surface area contributed by atoms with Gasteiger partial charge in [-0.25, -0.2) is 0 Å². The molecule has 1 fully saturated rings. The average Bonchev–Trinajstić information content (AvgIpc) is 3.10. The first-order chi connectivity index (χ1) is 10.1. The smallest absolute Gasteiger partial charge is 0.263 e. The molecule has 21 heavy (non-hydrogen) atoms. The van der Waals surface area contributed by atoms with Crippen molar-refractivity contribution in [3.63, 3.8) is 0 Å². The molecule has 0 aromatic carbocycles. The molecule has 1 saturated heterocycles. The lowest BCUT2D eigenvalue weighted by Gasteiger charge is -2.15. The average molecular weight is 322 g/mol. The summed E-state index contributed by atoms with van der Waals surface area (Å²) < 4.78 is 7.90. The van der Waals surface area contributed by atoms with Crippen molar-refractivity contribution in [2.75, 3.05) is 6.61 Å². The first-order valence-electron chi connectivity index (χ1n) is 7.54. The molecule has 0 saturated carbocycles. The molecule has 2 aliphatic rings. The van der Waals surface area contributed by atoms with Gasteiger partial charge in [-0.05, 0) is 50.4 Å². The number of nitrogens with zero attached hydrogens (tertiary/aromatic N) is 1. The van der Waals surface area contributed by atoms with Crippen LogP contribution in [0.3, 0.4) is 0 Å². The Morgan fingerprint density at radius 3 is 3.10 bits per heavy atom. The first-order valence-corrected chi connectivity index (χ1v) is 8.76. The maximum atomic E-state index is 12.9. The van der Waals surface area contributed by atoms with Crippen molar-refractivity contribution in [3.8, 4) is 0 Å². The molecule has 112 valence electrons. The fourth-order valence-electron chi connectivity index (χ4n) is 3.53.